The minimum atomic E-state index is -0.290. The van der Waals surface area contributed by atoms with E-state index in [-0.39, 0.29) is 12.4 Å². The number of rotatable bonds is 7. The van der Waals surface area contributed by atoms with E-state index < -0.39 is 0 Å². The Balaban J connectivity index is 1.76. The fourth-order valence-electron chi connectivity index (χ4n) is 1.98. The van der Waals surface area contributed by atoms with Gasteiger partial charge in [-0.25, -0.2) is 4.98 Å². The number of para-hydroxylation sites is 1. The van der Waals surface area contributed by atoms with Crippen LogP contribution in [0, 0.1) is 0 Å². The molecule has 0 aliphatic rings. The fourth-order valence-corrected chi connectivity index (χ4v) is 1.98. The standard InChI is InChI=1S/C17H20N2O3/c1-19(15-8-4-3-5-9-15)11-12-22-17(20)13-14-7-6-10-16(18-14)21-2/h3-10H,11-13H2,1-2H3. The highest BCUT2D eigenvalue weighted by Gasteiger charge is 2.08. The highest BCUT2D eigenvalue weighted by atomic mass is 16.5. The third-order valence-corrected chi connectivity index (χ3v) is 3.20. The quantitative estimate of drug-likeness (QED) is 0.735. The third kappa shape index (κ3) is 4.77. The number of pyridine rings is 1. The lowest BCUT2D eigenvalue weighted by molar-refractivity contribution is -0.142. The first kappa shape index (κ1) is 15.8. The Bertz CT molecular complexity index is 602. The largest absolute Gasteiger partial charge is 0.481 e. The van der Waals surface area contributed by atoms with E-state index in [1.807, 2.05) is 42.3 Å². The summed E-state index contributed by atoms with van der Waals surface area (Å²) < 4.78 is 10.3. The van der Waals surface area contributed by atoms with E-state index in [9.17, 15) is 4.79 Å². The average Bonchev–Trinajstić information content (AvgIpc) is 2.55. The molecule has 0 bridgehead atoms. The number of hydrogen-bond donors (Lipinski definition) is 0. The molecular weight excluding hydrogens is 280 g/mol. The second-order valence-corrected chi connectivity index (χ2v) is 4.83. The second kappa shape index (κ2) is 8.02. The molecule has 2 aromatic rings. The second-order valence-electron chi connectivity index (χ2n) is 4.83. The van der Waals surface area contributed by atoms with Crippen LogP contribution in [0.25, 0.3) is 0 Å². The van der Waals surface area contributed by atoms with Crippen molar-refractivity contribution in [2.45, 2.75) is 6.42 Å². The maximum Gasteiger partial charge on any atom is 0.311 e. The van der Waals surface area contributed by atoms with Crippen LogP contribution in [0.3, 0.4) is 0 Å². The number of carbonyl (C=O) groups is 1. The van der Waals surface area contributed by atoms with E-state index in [2.05, 4.69) is 4.98 Å². The third-order valence-electron chi connectivity index (χ3n) is 3.20. The molecule has 0 aliphatic heterocycles. The molecule has 0 amide bonds. The van der Waals surface area contributed by atoms with Gasteiger partial charge in [0.05, 0.1) is 25.8 Å². The van der Waals surface area contributed by atoms with Gasteiger partial charge in [-0.2, -0.15) is 0 Å². The van der Waals surface area contributed by atoms with Crippen molar-refractivity contribution < 1.29 is 14.3 Å². The Hall–Kier alpha value is -2.56. The van der Waals surface area contributed by atoms with Crippen LogP contribution in [-0.2, 0) is 16.0 Å². The Morgan fingerprint density at radius 2 is 1.91 bits per heavy atom. The highest BCUT2D eigenvalue weighted by molar-refractivity contribution is 5.72. The van der Waals surface area contributed by atoms with Crippen LogP contribution < -0.4 is 9.64 Å². The van der Waals surface area contributed by atoms with Crippen molar-refractivity contribution in [1.82, 2.24) is 4.98 Å². The van der Waals surface area contributed by atoms with E-state index in [1.165, 1.54) is 0 Å². The van der Waals surface area contributed by atoms with Gasteiger partial charge in [0.15, 0.2) is 0 Å². The van der Waals surface area contributed by atoms with Gasteiger partial charge in [0, 0.05) is 18.8 Å². The number of anilines is 1. The minimum Gasteiger partial charge on any atom is -0.481 e. The predicted octanol–water partition coefficient (Wildman–Crippen LogP) is 2.31. The zero-order valence-corrected chi connectivity index (χ0v) is 12.9. The smallest absolute Gasteiger partial charge is 0.311 e. The summed E-state index contributed by atoms with van der Waals surface area (Å²) in [6, 6.07) is 15.3. The number of hydrogen-bond acceptors (Lipinski definition) is 5. The number of likely N-dealkylation sites (N-methyl/N-ethyl adjacent to an activating group) is 1. The van der Waals surface area contributed by atoms with E-state index >= 15 is 0 Å². The molecule has 5 nitrogen and oxygen atoms in total. The van der Waals surface area contributed by atoms with Gasteiger partial charge in [0.2, 0.25) is 5.88 Å². The molecule has 2 rings (SSSR count). The van der Waals surface area contributed by atoms with E-state index in [0.717, 1.165) is 5.69 Å². The zero-order chi connectivity index (χ0) is 15.8. The van der Waals surface area contributed by atoms with Gasteiger partial charge in [-0.05, 0) is 18.2 Å². The van der Waals surface area contributed by atoms with Crippen LogP contribution in [0.5, 0.6) is 5.88 Å². The van der Waals surface area contributed by atoms with Crippen LogP contribution in [0.1, 0.15) is 5.69 Å². The average molecular weight is 300 g/mol. The molecule has 116 valence electrons. The van der Waals surface area contributed by atoms with E-state index in [0.29, 0.717) is 24.7 Å². The maximum absolute atomic E-state index is 11.8. The molecule has 0 saturated carbocycles. The summed E-state index contributed by atoms with van der Waals surface area (Å²) in [4.78, 5) is 18.0. The fraction of sp³-hybridized carbons (Fsp3) is 0.294. The summed E-state index contributed by atoms with van der Waals surface area (Å²) in [6.07, 6.45) is 0.145. The van der Waals surface area contributed by atoms with Crippen molar-refractivity contribution in [3.63, 3.8) is 0 Å². The van der Waals surface area contributed by atoms with Crippen LogP contribution in [-0.4, -0.2) is 38.3 Å². The molecule has 1 aromatic heterocycles. The highest BCUT2D eigenvalue weighted by Crippen LogP contribution is 2.10. The van der Waals surface area contributed by atoms with E-state index in [1.54, 1.807) is 25.3 Å². The molecule has 0 spiro atoms. The Morgan fingerprint density at radius 1 is 1.14 bits per heavy atom. The van der Waals surface area contributed by atoms with Gasteiger partial charge in [-0.15, -0.1) is 0 Å². The molecule has 1 aromatic carbocycles. The molecule has 0 N–H and O–H groups in total. The lowest BCUT2D eigenvalue weighted by Crippen LogP contribution is -2.24. The maximum atomic E-state index is 11.8. The molecule has 0 aliphatic carbocycles. The SMILES string of the molecule is COc1cccc(CC(=O)OCCN(C)c2ccccc2)n1. The lowest BCUT2D eigenvalue weighted by atomic mass is 10.3. The van der Waals surface area contributed by atoms with Gasteiger partial charge >= 0.3 is 5.97 Å². The molecule has 22 heavy (non-hydrogen) atoms. The first-order valence-electron chi connectivity index (χ1n) is 7.11. The van der Waals surface area contributed by atoms with Crippen molar-refractivity contribution in [3.05, 3.63) is 54.2 Å². The summed E-state index contributed by atoms with van der Waals surface area (Å²) in [7, 11) is 3.51. The number of nitrogens with zero attached hydrogens (tertiary/aromatic N) is 2. The number of carbonyl (C=O) groups excluding carboxylic acids is 1. The first-order chi connectivity index (χ1) is 10.7. The first-order valence-corrected chi connectivity index (χ1v) is 7.11. The van der Waals surface area contributed by atoms with Crippen LogP contribution in [0.4, 0.5) is 5.69 Å². The minimum absolute atomic E-state index is 0.145. The molecule has 1 heterocycles. The lowest BCUT2D eigenvalue weighted by Gasteiger charge is -2.18. The molecule has 0 atom stereocenters. The summed E-state index contributed by atoms with van der Waals surface area (Å²) in [6.45, 7) is 0.982. The van der Waals surface area contributed by atoms with Gasteiger partial charge in [0.1, 0.15) is 6.61 Å². The Morgan fingerprint density at radius 3 is 2.64 bits per heavy atom. The van der Waals surface area contributed by atoms with Crippen molar-refractivity contribution >= 4 is 11.7 Å². The number of benzene rings is 1. The Kier molecular flexibility index (Phi) is 5.77. The molecular formula is C17H20N2O3. The van der Waals surface area contributed by atoms with Crippen LogP contribution in [0.2, 0.25) is 0 Å². The topological polar surface area (TPSA) is 51.7 Å². The van der Waals surface area contributed by atoms with Gasteiger partial charge in [0.25, 0.3) is 0 Å². The van der Waals surface area contributed by atoms with Crippen molar-refractivity contribution in [1.29, 1.82) is 0 Å². The normalized spacial score (nSPS) is 10.1. The monoisotopic (exact) mass is 300 g/mol. The summed E-state index contributed by atoms with van der Waals surface area (Å²) in [5, 5.41) is 0. The zero-order valence-electron chi connectivity index (χ0n) is 12.9. The molecule has 0 unspecified atom stereocenters. The number of aromatic nitrogens is 1. The van der Waals surface area contributed by atoms with Crippen LogP contribution in [0.15, 0.2) is 48.5 Å². The summed E-state index contributed by atoms with van der Waals surface area (Å²) in [5.41, 5.74) is 1.73. The van der Waals surface area contributed by atoms with Crippen molar-refractivity contribution in [3.8, 4) is 5.88 Å². The summed E-state index contributed by atoms with van der Waals surface area (Å²) in [5.74, 6) is 0.205. The molecule has 0 fully saturated rings. The van der Waals surface area contributed by atoms with Crippen LogP contribution >= 0.6 is 0 Å². The summed E-state index contributed by atoms with van der Waals surface area (Å²) >= 11 is 0. The van der Waals surface area contributed by atoms with Gasteiger partial charge in [-0.1, -0.05) is 24.3 Å². The van der Waals surface area contributed by atoms with Crippen molar-refractivity contribution in [2.24, 2.45) is 0 Å². The van der Waals surface area contributed by atoms with Crippen molar-refractivity contribution in [2.75, 3.05) is 32.2 Å². The Labute approximate surface area is 130 Å². The predicted molar refractivity (Wildman–Crippen MR) is 85.2 cm³/mol. The van der Waals surface area contributed by atoms with Gasteiger partial charge in [-0.3, -0.25) is 4.79 Å². The number of ether oxygens (including phenoxy) is 2. The number of methoxy groups -OCH3 is 1. The molecule has 5 heteroatoms. The molecule has 0 saturated heterocycles. The van der Waals surface area contributed by atoms with Gasteiger partial charge < -0.3 is 14.4 Å². The molecule has 0 radical (unpaired) electrons. The van der Waals surface area contributed by atoms with E-state index in [4.69, 9.17) is 9.47 Å². The number of esters is 1.